The summed E-state index contributed by atoms with van der Waals surface area (Å²) >= 11 is 7.41. The summed E-state index contributed by atoms with van der Waals surface area (Å²) in [5.74, 6) is -1.45. The summed E-state index contributed by atoms with van der Waals surface area (Å²) in [5.41, 5.74) is 1.95. The van der Waals surface area contributed by atoms with Crippen molar-refractivity contribution in [1.82, 2.24) is 5.32 Å². The van der Waals surface area contributed by atoms with Crippen LogP contribution in [0, 0.1) is 5.82 Å². The average Bonchev–Trinajstić information content (AvgIpc) is 2.95. The highest BCUT2D eigenvalue weighted by Crippen LogP contribution is 2.23. The molecule has 4 aromatic carbocycles. The molecule has 4 rings (SSSR count). The molecule has 9 heteroatoms. The van der Waals surface area contributed by atoms with Crippen LogP contribution in [0.5, 0.6) is 0 Å². The van der Waals surface area contributed by atoms with E-state index in [1.165, 1.54) is 42.1 Å². The van der Waals surface area contributed by atoms with Gasteiger partial charge in [0.15, 0.2) is 0 Å². The molecule has 0 aliphatic heterocycles. The highest BCUT2D eigenvalue weighted by atomic mass is 35.5. The van der Waals surface area contributed by atoms with Crippen LogP contribution in [-0.4, -0.2) is 23.5 Å². The van der Waals surface area contributed by atoms with Gasteiger partial charge in [-0.05, 0) is 72.3 Å². The van der Waals surface area contributed by atoms with Gasteiger partial charge >= 0.3 is 0 Å². The summed E-state index contributed by atoms with van der Waals surface area (Å²) in [6.45, 7) is 0. The summed E-state index contributed by atoms with van der Waals surface area (Å²) in [5, 5.41) is 8.64. The number of carbonyl (C=O) groups is 3. The zero-order chi connectivity index (χ0) is 27.6. The molecule has 0 fully saturated rings. The number of nitrogens with one attached hydrogen (secondary N) is 3. The summed E-state index contributed by atoms with van der Waals surface area (Å²) in [6.07, 6.45) is 1.47. The second-order valence-corrected chi connectivity index (χ2v) is 9.68. The number of thioether (sulfide) groups is 1. The monoisotopic (exact) mass is 559 g/mol. The van der Waals surface area contributed by atoms with Crippen LogP contribution in [0.3, 0.4) is 0 Å². The standard InChI is InChI=1S/C30H23ClFN3O3S/c31-25-8-4-5-9-26(25)34-28(36)19-39-24-16-14-23(15-17-24)33-30(38)27(18-20-10-12-22(32)13-11-20)35-29(37)21-6-2-1-3-7-21/h1-18H,19H2,(H,33,38)(H,34,36)(H,35,37)/b27-18-. The number of halogens is 2. The first kappa shape index (κ1) is 27.6. The zero-order valence-corrected chi connectivity index (χ0v) is 22.1. The van der Waals surface area contributed by atoms with Crippen LogP contribution >= 0.6 is 23.4 Å². The van der Waals surface area contributed by atoms with Gasteiger partial charge in [-0.3, -0.25) is 14.4 Å². The quantitative estimate of drug-likeness (QED) is 0.159. The summed E-state index contributed by atoms with van der Waals surface area (Å²) in [7, 11) is 0. The fraction of sp³-hybridized carbons (Fsp3) is 0.0333. The van der Waals surface area contributed by atoms with Gasteiger partial charge in [0.05, 0.1) is 16.5 Å². The number of para-hydroxylation sites is 1. The van der Waals surface area contributed by atoms with Crippen LogP contribution in [0.15, 0.2) is 114 Å². The van der Waals surface area contributed by atoms with Crippen molar-refractivity contribution in [3.8, 4) is 0 Å². The Kier molecular flexibility index (Phi) is 9.50. The molecule has 0 spiro atoms. The Hall–Kier alpha value is -4.40. The van der Waals surface area contributed by atoms with E-state index in [1.54, 1.807) is 78.9 Å². The Morgan fingerprint density at radius 2 is 1.46 bits per heavy atom. The molecular formula is C30H23ClFN3O3S. The minimum atomic E-state index is -0.553. The van der Waals surface area contributed by atoms with Crippen LogP contribution < -0.4 is 16.0 Å². The largest absolute Gasteiger partial charge is 0.324 e. The smallest absolute Gasteiger partial charge is 0.272 e. The van der Waals surface area contributed by atoms with Gasteiger partial charge in [0.2, 0.25) is 5.91 Å². The van der Waals surface area contributed by atoms with Crippen molar-refractivity contribution in [2.24, 2.45) is 0 Å². The van der Waals surface area contributed by atoms with Crippen LogP contribution in [0.4, 0.5) is 15.8 Å². The van der Waals surface area contributed by atoms with Crippen molar-refractivity contribution < 1.29 is 18.8 Å². The topological polar surface area (TPSA) is 87.3 Å². The van der Waals surface area contributed by atoms with Gasteiger partial charge in [0, 0.05) is 16.1 Å². The maximum Gasteiger partial charge on any atom is 0.272 e. The van der Waals surface area contributed by atoms with Gasteiger partial charge in [0.25, 0.3) is 11.8 Å². The lowest BCUT2D eigenvalue weighted by Gasteiger charge is -2.12. The first-order valence-corrected chi connectivity index (χ1v) is 13.2. The molecule has 39 heavy (non-hydrogen) atoms. The summed E-state index contributed by atoms with van der Waals surface area (Å²) in [6, 6.07) is 28.0. The number of hydrogen-bond donors (Lipinski definition) is 3. The van der Waals surface area contributed by atoms with Crippen LogP contribution in [0.2, 0.25) is 5.02 Å². The van der Waals surface area contributed by atoms with Crippen LogP contribution in [-0.2, 0) is 9.59 Å². The molecule has 196 valence electrons. The number of anilines is 2. The Morgan fingerprint density at radius 1 is 0.795 bits per heavy atom. The number of hydrogen-bond acceptors (Lipinski definition) is 4. The predicted molar refractivity (Wildman–Crippen MR) is 154 cm³/mol. The number of rotatable bonds is 9. The van der Waals surface area contributed by atoms with Gasteiger partial charge in [-0.15, -0.1) is 11.8 Å². The van der Waals surface area contributed by atoms with E-state index < -0.39 is 17.6 Å². The molecule has 3 amide bonds. The predicted octanol–water partition coefficient (Wildman–Crippen LogP) is 6.62. The van der Waals surface area contributed by atoms with Crippen LogP contribution in [0.1, 0.15) is 15.9 Å². The fourth-order valence-electron chi connectivity index (χ4n) is 3.40. The molecule has 0 aliphatic carbocycles. The Labute approximate surface area is 234 Å². The van der Waals surface area contributed by atoms with Crippen molar-refractivity contribution in [1.29, 1.82) is 0 Å². The normalized spacial score (nSPS) is 11.0. The van der Waals surface area contributed by atoms with E-state index in [9.17, 15) is 18.8 Å². The third-order valence-corrected chi connectivity index (χ3v) is 6.68. The zero-order valence-electron chi connectivity index (χ0n) is 20.5. The minimum absolute atomic E-state index is 0.00911. The van der Waals surface area contributed by atoms with Gasteiger partial charge in [-0.25, -0.2) is 4.39 Å². The maximum absolute atomic E-state index is 13.3. The first-order chi connectivity index (χ1) is 18.9. The van der Waals surface area contributed by atoms with E-state index in [2.05, 4.69) is 16.0 Å². The van der Waals surface area contributed by atoms with E-state index in [-0.39, 0.29) is 17.4 Å². The van der Waals surface area contributed by atoms with Gasteiger partial charge in [-0.1, -0.05) is 54.1 Å². The molecule has 3 N–H and O–H groups in total. The highest BCUT2D eigenvalue weighted by Gasteiger charge is 2.15. The van der Waals surface area contributed by atoms with E-state index in [1.807, 2.05) is 0 Å². The molecule has 6 nitrogen and oxygen atoms in total. The van der Waals surface area contributed by atoms with Gasteiger partial charge in [-0.2, -0.15) is 0 Å². The molecule has 0 heterocycles. The average molecular weight is 560 g/mol. The Balaban J connectivity index is 1.40. The van der Waals surface area contributed by atoms with Crippen molar-refractivity contribution in [2.45, 2.75) is 4.90 Å². The number of carbonyl (C=O) groups excluding carboxylic acids is 3. The van der Waals surface area contributed by atoms with Crippen LogP contribution in [0.25, 0.3) is 6.08 Å². The lowest BCUT2D eigenvalue weighted by molar-refractivity contribution is -0.114. The van der Waals surface area contributed by atoms with E-state index in [0.29, 0.717) is 27.5 Å². The summed E-state index contributed by atoms with van der Waals surface area (Å²) in [4.78, 5) is 38.9. The Bertz CT molecular complexity index is 1490. The minimum Gasteiger partial charge on any atom is -0.324 e. The molecule has 0 aromatic heterocycles. The molecule has 0 unspecified atom stereocenters. The molecule has 0 saturated carbocycles. The first-order valence-electron chi connectivity index (χ1n) is 11.8. The molecule has 0 saturated heterocycles. The van der Waals surface area contributed by atoms with Crippen molar-refractivity contribution >= 4 is 58.5 Å². The van der Waals surface area contributed by atoms with E-state index in [4.69, 9.17) is 11.6 Å². The second-order valence-electron chi connectivity index (χ2n) is 8.22. The molecule has 0 radical (unpaired) electrons. The lowest BCUT2D eigenvalue weighted by atomic mass is 10.1. The molecule has 0 aliphatic rings. The molecule has 0 atom stereocenters. The molecular weight excluding hydrogens is 537 g/mol. The van der Waals surface area contributed by atoms with Gasteiger partial charge < -0.3 is 16.0 Å². The maximum atomic E-state index is 13.3. The van der Waals surface area contributed by atoms with Gasteiger partial charge in [0.1, 0.15) is 11.5 Å². The van der Waals surface area contributed by atoms with E-state index in [0.717, 1.165) is 4.90 Å². The second kappa shape index (κ2) is 13.4. The lowest BCUT2D eigenvalue weighted by Crippen LogP contribution is -2.30. The third kappa shape index (κ3) is 8.29. The van der Waals surface area contributed by atoms with Crippen molar-refractivity contribution in [3.05, 3.63) is 131 Å². The SMILES string of the molecule is O=C(CSc1ccc(NC(=O)/C(=C/c2ccc(F)cc2)NC(=O)c2ccccc2)cc1)Nc1ccccc1Cl. The number of benzene rings is 4. The number of amides is 3. The van der Waals surface area contributed by atoms with Crippen molar-refractivity contribution in [2.75, 3.05) is 16.4 Å². The molecule has 0 bridgehead atoms. The van der Waals surface area contributed by atoms with Crippen molar-refractivity contribution in [3.63, 3.8) is 0 Å². The molecule has 4 aromatic rings. The third-order valence-electron chi connectivity index (χ3n) is 5.34. The Morgan fingerprint density at radius 3 is 2.15 bits per heavy atom. The fourth-order valence-corrected chi connectivity index (χ4v) is 4.28. The highest BCUT2D eigenvalue weighted by molar-refractivity contribution is 8.00. The van der Waals surface area contributed by atoms with E-state index >= 15 is 0 Å². The summed E-state index contributed by atoms with van der Waals surface area (Å²) < 4.78 is 13.3.